The number of carbonyl (C=O) groups is 2. The molecular weight excluding hydrogens is 354 g/mol. The van der Waals surface area contributed by atoms with Crippen LogP contribution >= 0.6 is 11.6 Å². The van der Waals surface area contributed by atoms with E-state index in [2.05, 4.69) is 4.98 Å². The number of rotatable bonds is 4. The zero-order valence-corrected chi connectivity index (χ0v) is 14.8. The van der Waals surface area contributed by atoms with Gasteiger partial charge in [0.05, 0.1) is 19.0 Å². The van der Waals surface area contributed by atoms with Gasteiger partial charge in [-0.05, 0) is 24.3 Å². The van der Waals surface area contributed by atoms with Gasteiger partial charge < -0.3 is 14.5 Å². The number of amides is 2. The highest BCUT2D eigenvalue weighted by molar-refractivity contribution is 6.31. The topological polar surface area (TPSA) is 62.7 Å². The number of benzene rings is 1. The van der Waals surface area contributed by atoms with Crippen LogP contribution in [0.2, 0.25) is 5.02 Å². The second kappa shape index (κ2) is 6.96. The lowest BCUT2D eigenvalue weighted by Gasteiger charge is -2.39. The molecule has 0 spiro atoms. The van der Waals surface area contributed by atoms with Gasteiger partial charge in [-0.3, -0.25) is 9.59 Å². The third-order valence-corrected chi connectivity index (χ3v) is 4.99. The Bertz CT molecular complexity index is 824. The standard InChI is InChI=1S/C19H18ClN3O3/c20-16-7-4-8-21-18(16)26-15-11-22(12-15)19(25)13-9-17(24)23(10-13)14-5-2-1-3-6-14/h1-8,13,15H,9-12H2. The number of ether oxygens (including phenoxy) is 1. The maximum absolute atomic E-state index is 12.7. The highest BCUT2D eigenvalue weighted by Gasteiger charge is 2.41. The molecule has 0 saturated carbocycles. The summed E-state index contributed by atoms with van der Waals surface area (Å²) in [7, 11) is 0. The predicted octanol–water partition coefficient (Wildman–Crippen LogP) is 2.38. The predicted molar refractivity (Wildman–Crippen MR) is 97.1 cm³/mol. The van der Waals surface area contributed by atoms with E-state index in [1.54, 1.807) is 28.1 Å². The Kier molecular flexibility index (Phi) is 4.51. The van der Waals surface area contributed by atoms with Crippen molar-refractivity contribution in [1.82, 2.24) is 9.88 Å². The lowest BCUT2D eigenvalue weighted by Crippen LogP contribution is -2.57. The number of para-hydroxylation sites is 1. The van der Waals surface area contributed by atoms with Crippen molar-refractivity contribution in [3.63, 3.8) is 0 Å². The van der Waals surface area contributed by atoms with Crippen LogP contribution in [0.3, 0.4) is 0 Å². The zero-order valence-electron chi connectivity index (χ0n) is 14.0. The number of aromatic nitrogens is 1. The van der Waals surface area contributed by atoms with Crippen LogP contribution in [0, 0.1) is 5.92 Å². The quantitative estimate of drug-likeness (QED) is 0.827. The van der Waals surface area contributed by atoms with Gasteiger partial charge in [0.15, 0.2) is 0 Å². The number of pyridine rings is 1. The molecule has 1 aromatic heterocycles. The molecule has 2 aliphatic rings. The first-order chi connectivity index (χ1) is 12.6. The number of anilines is 1. The number of hydrogen-bond donors (Lipinski definition) is 0. The van der Waals surface area contributed by atoms with Crippen molar-refractivity contribution in [2.75, 3.05) is 24.5 Å². The average molecular weight is 372 g/mol. The molecule has 0 N–H and O–H groups in total. The highest BCUT2D eigenvalue weighted by atomic mass is 35.5. The van der Waals surface area contributed by atoms with Crippen LogP contribution in [-0.2, 0) is 9.59 Å². The fraction of sp³-hybridized carbons (Fsp3) is 0.316. The summed E-state index contributed by atoms with van der Waals surface area (Å²) in [5, 5.41) is 0.456. The van der Waals surface area contributed by atoms with E-state index in [1.807, 2.05) is 30.3 Å². The zero-order chi connectivity index (χ0) is 18.1. The molecule has 2 fully saturated rings. The van der Waals surface area contributed by atoms with Gasteiger partial charge in [0, 0.05) is 24.8 Å². The smallest absolute Gasteiger partial charge is 0.232 e. The Balaban J connectivity index is 1.32. The average Bonchev–Trinajstić information content (AvgIpc) is 3.01. The van der Waals surface area contributed by atoms with Crippen molar-refractivity contribution >= 4 is 29.1 Å². The molecule has 2 amide bonds. The van der Waals surface area contributed by atoms with Crippen molar-refractivity contribution in [3.8, 4) is 5.88 Å². The van der Waals surface area contributed by atoms with Crippen molar-refractivity contribution in [3.05, 3.63) is 53.7 Å². The van der Waals surface area contributed by atoms with E-state index in [-0.39, 0.29) is 30.3 Å². The van der Waals surface area contributed by atoms with E-state index in [0.717, 1.165) is 5.69 Å². The largest absolute Gasteiger partial charge is 0.470 e. The van der Waals surface area contributed by atoms with Crippen LogP contribution in [-0.4, -0.2) is 47.4 Å². The Labute approximate surface area is 156 Å². The normalized spacial score (nSPS) is 20.2. The maximum atomic E-state index is 12.7. The van der Waals surface area contributed by atoms with Gasteiger partial charge in [-0.1, -0.05) is 29.8 Å². The second-order valence-electron chi connectivity index (χ2n) is 6.51. The highest BCUT2D eigenvalue weighted by Crippen LogP contribution is 2.29. The summed E-state index contributed by atoms with van der Waals surface area (Å²) >= 11 is 6.03. The molecule has 1 aromatic carbocycles. The first kappa shape index (κ1) is 16.8. The van der Waals surface area contributed by atoms with E-state index < -0.39 is 0 Å². The second-order valence-corrected chi connectivity index (χ2v) is 6.92. The number of nitrogens with zero attached hydrogens (tertiary/aromatic N) is 3. The third-order valence-electron chi connectivity index (χ3n) is 4.70. The number of carbonyl (C=O) groups excluding carboxylic acids is 2. The van der Waals surface area contributed by atoms with Crippen LogP contribution in [0.5, 0.6) is 5.88 Å². The first-order valence-electron chi connectivity index (χ1n) is 8.53. The van der Waals surface area contributed by atoms with Crippen molar-refractivity contribution in [1.29, 1.82) is 0 Å². The minimum atomic E-state index is -0.304. The van der Waals surface area contributed by atoms with Crippen LogP contribution < -0.4 is 9.64 Å². The molecule has 7 heteroatoms. The van der Waals surface area contributed by atoms with Crippen molar-refractivity contribution in [2.45, 2.75) is 12.5 Å². The van der Waals surface area contributed by atoms with Gasteiger partial charge in [-0.25, -0.2) is 4.98 Å². The van der Waals surface area contributed by atoms with Crippen LogP contribution in [0.15, 0.2) is 48.7 Å². The summed E-state index contributed by atoms with van der Waals surface area (Å²) in [5.74, 6) is 0.0755. The number of likely N-dealkylation sites (tertiary alicyclic amines) is 1. The van der Waals surface area contributed by atoms with Crippen molar-refractivity contribution < 1.29 is 14.3 Å². The Morgan fingerprint density at radius 2 is 1.88 bits per heavy atom. The fourth-order valence-electron chi connectivity index (χ4n) is 3.30. The van der Waals surface area contributed by atoms with E-state index >= 15 is 0 Å². The van der Waals surface area contributed by atoms with Gasteiger partial charge in [-0.2, -0.15) is 0 Å². The van der Waals surface area contributed by atoms with E-state index in [1.165, 1.54) is 0 Å². The SMILES string of the molecule is O=C(C1CC(=O)N(c2ccccc2)C1)N1CC(Oc2ncccc2Cl)C1. The summed E-state index contributed by atoms with van der Waals surface area (Å²) in [5.41, 5.74) is 0.836. The molecule has 134 valence electrons. The summed E-state index contributed by atoms with van der Waals surface area (Å²) in [6.45, 7) is 1.40. The molecule has 4 rings (SSSR count). The third kappa shape index (κ3) is 3.24. The Morgan fingerprint density at radius 3 is 2.62 bits per heavy atom. The molecule has 1 unspecified atom stereocenters. The maximum Gasteiger partial charge on any atom is 0.232 e. The summed E-state index contributed by atoms with van der Waals surface area (Å²) < 4.78 is 5.72. The van der Waals surface area contributed by atoms with Gasteiger partial charge in [0.25, 0.3) is 0 Å². The van der Waals surface area contributed by atoms with Gasteiger partial charge in [0.2, 0.25) is 17.7 Å². The van der Waals surface area contributed by atoms with E-state index in [4.69, 9.17) is 16.3 Å². The Hall–Kier alpha value is -2.60. The Morgan fingerprint density at radius 1 is 1.12 bits per heavy atom. The van der Waals surface area contributed by atoms with Crippen LogP contribution in [0.1, 0.15) is 6.42 Å². The molecule has 0 bridgehead atoms. The minimum Gasteiger partial charge on any atom is -0.470 e. The molecular formula is C19H18ClN3O3. The van der Waals surface area contributed by atoms with Crippen LogP contribution in [0.4, 0.5) is 5.69 Å². The van der Waals surface area contributed by atoms with Gasteiger partial charge in [0.1, 0.15) is 11.1 Å². The number of hydrogen-bond acceptors (Lipinski definition) is 4. The lowest BCUT2D eigenvalue weighted by molar-refractivity contribution is -0.144. The number of halogens is 1. The van der Waals surface area contributed by atoms with Gasteiger partial charge >= 0.3 is 0 Å². The molecule has 3 heterocycles. The monoisotopic (exact) mass is 371 g/mol. The van der Waals surface area contributed by atoms with Crippen molar-refractivity contribution in [2.24, 2.45) is 5.92 Å². The van der Waals surface area contributed by atoms with E-state index in [0.29, 0.717) is 30.5 Å². The summed E-state index contributed by atoms with van der Waals surface area (Å²) in [6.07, 6.45) is 1.75. The molecule has 0 aliphatic carbocycles. The molecule has 2 saturated heterocycles. The molecule has 26 heavy (non-hydrogen) atoms. The fourth-order valence-corrected chi connectivity index (χ4v) is 3.46. The van der Waals surface area contributed by atoms with Gasteiger partial charge in [-0.15, -0.1) is 0 Å². The first-order valence-corrected chi connectivity index (χ1v) is 8.91. The minimum absolute atomic E-state index is 0.00347. The molecule has 2 aliphatic heterocycles. The van der Waals surface area contributed by atoms with Crippen LogP contribution in [0.25, 0.3) is 0 Å². The lowest BCUT2D eigenvalue weighted by atomic mass is 10.0. The molecule has 6 nitrogen and oxygen atoms in total. The summed E-state index contributed by atoms with van der Waals surface area (Å²) in [4.78, 5) is 32.4. The molecule has 0 radical (unpaired) electrons. The summed E-state index contributed by atoms with van der Waals surface area (Å²) in [6, 6.07) is 12.9. The van der Waals surface area contributed by atoms with E-state index in [9.17, 15) is 9.59 Å². The molecule has 1 atom stereocenters. The molecule has 2 aromatic rings.